The Morgan fingerprint density at radius 1 is 1.10 bits per heavy atom. The Morgan fingerprint density at radius 3 is 2.60 bits per heavy atom. The van der Waals surface area contributed by atoms with Crippen LogP contribution in [0.3, 0.4) is 0 Å². The number of halogens is 3. The number of β-amino-alcohol motifs (C(OH)–C–C–N with tert-alkyl or cyclic N) is 1. The summed E-state index contributed by atoms with van der Waals surface area (Å²) in [6.07, 6.45) is -2.53. The number of rotatable bonds is 5. The number of aryl methyl sites for hydroxylation is 1. The van der Waals surface area contributed by atoms with Gasteiger partial charge in [0.2, 0.25) is 0 Å². The summed E-state index contributed by atoms with van der Waals surface area (Å²) in [4.78, 5) is 31.0. The van der Waals surface area contributed by atoms with E-state index in [2.05, 4.69) is 10.3 Å². The van der Waals surface area contributed by atoms with E-state index in [1.54, 1.807) is 41.3 Å². The average molecular weight is 556 g/mol. The zero-order chi connectivity index (χ0) is 28.5. The van der Waals surface area contributed by atoms with Gasteiger partial charge in [-0.3, -0.25) is 14.6 Å². The van der Waals surface area contributed by atoms with Crippen LogP contribution in [0.25, 0.3) is 11.1 Å². The van der Waals surface area contributed by atoms with Crippen molar-refractivity contribution < 1.29 is 37.3 Å². The van der Waals surface area contributed by atoms with Crippen LogP contribution in [0, 0.1) is 6.92 Å². The predicted octanol–water partition coefficient (Wildman–Crippen LogP) is 4.70. The summed E-state index contributed by atoms with van der Waals surface area (Å²) in [5.41, 5.74) is 1.18. The first-order valence-corrected chi connectivity index (χ1v) is 12.9. The van der Waals surface area contributed by atoms with E-state index in [4.69, 9.17) is 9.47 Å². The third-order valence-corrected chi connectivity index (χ3v) is 7.20. The van der Waals surface area contributed by atoms with E-state index in [0.717, 1.165) is 22.9 Å². The number of hydrogen-bond acceptors (Lipinski definition) is 6. The zero-order valence-corrected chi connectivity index (χ0v) is 21.8. The molecule has 0 radical (unpaired) electrons. The first-order chi connectivity index (χ1) is 19.1. The van der Waals surface area contributed by atoms with Crippen molar-refractivity contribution in [3.05, 3.63) is 77.1 Å². The van der Waals surface area contributed by atoms with Gasteiger partial charge in [-0.2, -0.15) is 13.2 Å². The van der Waals surface area contributed by atoms with E-state index in [0.29, 0.717) is 55.7 Å². The molecule has 0 atom stereocenters. The highest BCUT2D eigenvalue weighted by atomic mass is 19.4. The molecule has 3 aromatic rings. The van der Waals surface area contributed by atoms with Crippen molar-refractivity contribution in [2.45, 2.75) is 31.5 Å². The topological polar surface area (TPSA) is 101 Å². The minimum atomic E-state index is -4.67. The molecule has 0 aliphatic carbocycles. The second-order valence-corrected chi connectivity index (χ2v) is 9.97. The summed E-state index contributed by atoms with van der Waals surface area (Å²) in [5, 5.41) is 12.2. The lowest BCUT2D eigenvalue weighted by atomic mass is 9.93. The number of pyridine rings is 1. The van der Waals surface area contributed by atoms with Crippen molar-refractivity contribution in [1.82, 2.24) is 9.88 Å². The number of aliphatic hydroxyl groups excluding tert-OH is 1. The van der Waals surface area contributed by atoms with Gasteiger partial charge in [-0.15, -0.1) is 0 Å². The Kier molecular flexibility index (Phi) is 7.52. The highest BCUT2D eigenvalue weighted by molar-refractivity contribution is 6.04. The van der Waals surface area contributed by atoms with Crippen molar-refractivity contribution >= 4 is 17.5 Å². The van der Waals surface area contributed by atoms with Gasteiger partial charge in [0.15, 0.2) is 0 Å². The Hall–Kier alpha value is -3.96. The molecule has 2 aliphatic rings. The molecular weight excluding hydrogens is 527 g/mol. The fourth-order valence-corrected chi connectivity index (χ4v) is 5.05. The number of aliphatic hydroxyl groups is 1. The third-order valence-electron chi connectivity index (χ3n) is 7.20. The van der Waals surface area contributed by atoms with E-state index < -0.39 is 23.4 Å². The van der Waals surface area contributed by atoms with Gasteiger partial charge in [0, 0.05) is 36.8 Å². The number of anilines is 1. The monoisotopic (exact) mass is 555 g/mol. The van der Waals surface area contributed by atoms with Crippen LogP contribution >= 0.6 is 0 Å². The number of ether oxygens (including phenoxy) is 2. The molecule has 2 amide bonds. The fraction of sp³-hybridized carbons (Fsp3) is 0.345. The summed E-state index contributed by atoms with van der Waals surface area (Å²) in [5.74, 6) is -0.508. The summed E-state index contributed by atoms with van der Waals surface area (Å²) >= 11 is 0. The highest BCUT2D eigenvalue weighted by Gasteiger charge is 2.42. The van der Waals surface area contributed by atoms with Crippen molar-refractivity contribution in [1.29, 1.82) is 0 Å². The first-order valence-electron chi connectivity index (χ1n) is 12.9. The lowest BCUT2D eigenvalue weighted by molar-refractivity contribution is -0.141. The SMILES string of the molecule is Cc1ccc(NC(=O)c2ccnc(C(F)(F)F)c2)cc1-c1ccc2c(c1)OC1(CCOCC1)CN(CCO)C2=O. The van der Waals surface area contributed by atoms with E-state index in [1.165, 1.54) is 6.07 Å². The molecule has 40 heavy (non-hydrogen) atoms. The van der Waals surface area contributed by atoms with E-state index >= 15 is 0 Å². The number of carbonyl (C=O) groups is 2. The second kappa shape index (κ2) is 10.9. The summed E-state index contributed by atoms with van der Waals surface area (Å²) < 4.78 is 51.2. The molecule has 1 aromatic heterocycles. The molecule has 3 heterocycles. The molecule has 2 aromatic carbocycles. The lowest BCUT2D eigenvalue weighted by Crippen LogP contribution is -2.51. The van der Waals surface area contributed by atoms with Crippen molar-refractivity contribution in [3.8, 4) is 16.9 Å². The van der Waals surface area contributed by atoms with Gasteiger partial charge in [0.05, 0.1) is 31.9 Å². The van der Waals surface area contributed by atoms with Crippen LogP contribution in [0.4, 0.5) is 18.9 Å². The quantitative estimate of drug-likeness (QED) is 0.473. The fourth-order valence-electron chi connectivity index (χ4n) is 5.05. The molecular formula is C29H28F3N3O5. The predicted molar refractivity (Wildman–Crippen MR) is 140 cm³/mol. The number of benzene rings is 2. The average Bonchev–Trinajstić information content (AvgIpc) is 3.03. The number of aromatic nitrogens is 1. The number of hydrogen-bond donors (Lipinski definition) is 2. The maximum absolute atomic E-state index is 13.3. The Balaban J connectivity index is 1.46. The number of fused-ring (bicyclic) bond motifs is 1. The van der Waals surface area contributed by atoms with Gasteiger partial charge >= 0.3 is 6.18 Å². The Morgan fingerprint density at radius 2 is 1.88 bits per heavy atom. The molecule has 0 saturated carbocycles. The molecule has 0 unspecified atom stereocenters. The van der Waals surface area contributed by atoms with Gasteiger partial charge in [-0.25, -0.2) is 0 Å². The van der Waals surface area contributed by atoms with E-state index in [1.807, 2.05) is 6.92 Å². The van der Waals surface area contributed by atoms with Gasteiger partial charge in [0.25, 0.3) is 11.8 Å². The Bertz CT molecular complexity index is 1440. The molecule has 210 valence electrons. The highest BCUT2D eigenvalue weighted by Crippen LogP contribution is 2.38. The number of carbonyl (C=O) groups excluding carboxylic acids is 2. The number of alkyl halides is 3. The molecule has 2 N–H and O–H groups in total. The second-order valence-electron chi connectivity index (χ2n) is 9.97. The summed E-state index contributed by atoms with van der Waals surface area (Å²) in [7, 11) is 0. The maximum Gasteiger partial charge on any atom is 0.433 e. The van der Waals surface area contributed by atoms with Crippen LogP contribution in [0.1, 0.15) is 44.8 Å². The van der Waals surface area contributed by atoms with Crippen molar-refractivity contribution in [3.63, 3.8) is 0 Å². The first kappa shape index (κ1) is 27.6. The number of nitrogens with zero attached hydrogens (tertiary/aromatic N) is 2. The van der Waals surface area contributed by atoms with E-state index in [9.17, 15) is 27.9 Å². The van der Waals surface area contributed by atoms with Crippen LogP contribution in [-0.2, 0) is 10.9 Å². The third kappa shape index (κ3) is 5.66. The lowest BCUT2D eigenvalue weighted by Gasteiger charge is -2.38. The molecule has 0 bridgehead atoms. The summed E-state index contributed by atoms with van der Waals surface area (Å²) in [6, 6.07) is 12.4. The van der Waals surface area contributed by atoms with Gasteiger partial charge < -0.3 is 24.8 Å². The molecule has 11 heteroatoms. The van der Waals surface area contributed by atoms with Crippen molar-refractivity contribution in [2.75, 3.05) is 38.2 Å². The Labute approximate surface area is 228 Å². The van der Waals surface area contributed by atoms with Crippen molar-refractivity contribution in [2.24, 2.45) is 0 Å². The number of amides is 2. The van der Waals surface area contributed by atoms with Crippen LogP contribution in [-0.4, -0.2) is 65.3 Å². The number of nitrogens with one attached hydrogen (secondary N) is 1. The maximum atomic E-state index is 13.3. The largest absolute Gasteiger partial charge is 0.484 e. The van der Waals surface area contributed by atoms with Crippen LogP contribution in [0.15, 0.2) is 54.7 Å². The van der Waals surface area contributed by atoms with E-state index in [-0.39, 0.29) is 24.6 Å². The molecule has 1 saturated heterocycles. The standard InChI is InChI=1S/C29H28F3N3O5/c1-18-2-4-21(34-26(37)20-6-9-33-25(15-20)29(30,31)32)16-23(18)19-3-5-22-24(14-19)40-28(7-12-39-13-8-28)17-35(10-11-36)27(22)38/h2-6,9,14-16,36H,7-8,10-13,17H2,1H3,(H,34,37). The van der Waals surface area contributed by atoms with Crippen LogP contribution in [0.2, 0.25) is 0 Å². The van der Waals surface area contributed by atoms with Crippen LogP contribution in [0.5, 0.6) is 5.75 Å². The van der Waals surface area contributed by atoms with Gasteiger partial charge in [-0.1, -0.05) is 12.1 Å². The molecule has 2 aliphatic heterocycles. The minimum Gasteiger partial charge on any atom is -0.484 e. The molecule has 5 rings (SSSR count). The van der Waals surface area contributed by atoms with Gasteiger partial charge in [-0.05, 0) is 60.0 Å². The normalized spacial score (nSPS) is 16.7. The molecule has 1 fully saturated rings. The smallest absolute Gasteiger partial charge is 0.433 e. The van der Waals surface area contributed by atoms with Crippen LogP contribution < -0.4 is 10.1 Å². The zero-order valence-electron chi connectivity index (χ0n) is 21.8. The van der Waals surface area contributed by atoms with Gasteiger partial charge in [0.1, 0.15) is 17.0 Å². The molecule has 8 nitrogen and oxygen atoms in total. The molecule has 1 spiro atoms. The minimum absolute atomic E-state index is 0.166. The summed E-state index contributed by atoms with van der Waals surface area (Å²) in [6.45, 7) is 3.25.